The van der Waals surface area contributed by atoms with Crippen molar-refractivity contribution in [1.29, 1.82) is 0 Å². The summed E-state index contributed by atoms with van der Waals surface area (Å²) >= 11 is 1.80. The number of aromatic nitrogens is 1. The van der Waals surface area contributed by atoms with Crippen molar-refractivity contribution in [3.05, 3.63) is 16.1 Å². The van der Waals surface area contributed by atoms with Crippen molar-refractivity contribution in [2.24, 2.45) is 5.92 Å². The standard InChI is InChI=1S/C17H27N3OS/c1-3-13(4-2)17(21)20-9-7-19(8-10-20)11-16-18-15(12-22-16)14-5-6-14/h12-14H,3-11H2,1-2H3. The van der Waals surface area contributed by atoms with Gasteiger partial charge in [-0.1, -0.05) is 13.8 Å². The Hall–Kier alpha value is -0.940. The Labute approximate surface area is 137 Å². The van der Waals surface area contributed by atoms with Gasteiger partial charge in [-0.3, -0.25) is 9.69 Å². The second-order valence-electron chi connectivity index (χ2n) is 6.56. The van der Waals surface area contributed by atoms with Crippen molar-refractivity contribution in [3.8, 4) is 0 Å². The van der Waals surface area contributed by atoms with Crippen LogP contribution in [-0.2, 0) is 11.3 Å². The molecule has 1 saturated carbocycles. The second-order valence-corrected chi connectivity index (χ2v) is 7.50. The number of carbonyl (C=O) groups is 1. The van der Waals surface area contributed by atoms with E-state index in [1.165, 1.54) is 23.5 Å². The molecule has 2 fully saturated rings. The number of nitrogens with zero attached hydrogens (tertiary/aromatic N) is 3. The highest BCUT2D eigenvalue weighted by Gasteiger charge is 2.28. The molecule has 1 aromatic heterocycles. The molecule has 1 amide bonds. The number of rotatable bonds is 6. The molecule has 0 radical (unpaired) electrons. The van der Waals surface area contributed by atoms with Crippen LogP contribution in [0, 0.1) is 5.92 Å². The van der Waals surface area contributed by atoms with Gasteiger partial charge in [0, 0.05) is 43.4 Å². The molecule has 0 bridgehead atoms. The smallest absolute Gasteiger partial charge is 0.225 e. The van der Waals surface area contributed by atoms with Gasteiger partial charge in [0.1, 0.15) is 5.01 Å². The van der Waals surface area contributed by atoms with Crippen molar-refractivity contribution >= 4 is 17.2 Å². The minimum atomic E-state index is 0.214. The Morgan fingerprint density at radius 1 is 1.27 bits per heavy atom. The minimum absolute atomic E-state index is 0.214. The maximum atomic E-state index is 12.4. The third-order valence-electron chi connectivity index (χ3n) is 4.94. The van der Waals surface area contributed by atoms with Crippen molar-refractivity contribution < 1.29 is 4.79 Å². The Balaban J connectivity index is 1.47. The maximum absolute atomic E-state index is 12.4. The highest BCUT2D eigenvalue weighted by atomic mass is 32.1. The fraction of sp³-hybridized carbons (Fsp3) is 0.765. The maximum Gasteiger partial charge on any atom is 0.225 e. The first-order chi connectivity index (χ1) is 10.7. The van der Waals surface area contributed by atoms with E-state index in [-0.39, 0.29) is 5.92 Å². The van der Waals surface area contributed by atoms with E-state index < -0.39 is 0 Å². The zero-order chi connectivity index (χ0) is 15.5. The zero-order valence-electron chi connectivity index (χ0n) is 13.8. The number of piperazine rings is 1. The van der Waals surface area contributed by atoms with Crippen LogP contribution in [0.15, 0.2) is 5.38 Å². The van der Waals surface area contributed by atoms with E-state index in [4.69, 9.17) is 4.98 Å². The van der Waals surface area contributed by atoms with Crippen LogP contribution in [0.5, 0.6) is 0 Å². The van der Waals surface area contributed by atoms with E-state index in [1.54, 1.807) is 11.3 Å². The number of hydrogen-bond donors (Lipinski definition) is 0. The van der Waals surface area contributed by atoms with E-state index >= 15 is 0 Å². The summed E-state index contributed by atoms with van der Waals surface area (Å²) in [5, 5.41) is 3.47. The van der Waals surface area contributed by atoms with Crippen molar-refractivity contribution in [2.45, 2.75) is 52.0 Å². The Morgan fingerprint density at radius 2 is 1.95 bits per heavy atom. The van der Waals surface area contributed by atoms with Crippen LogP contribution in [-0.4, -0.2) is 46.9 Å². The van der Waals surface area contributed by atoms with E-state index in [1.807, 2.05) is 0 Å². The van der Waals surface area contributed by atoms with E-state index in [0.29, 0.717) is 5.91 Å². The lowest BCUT2D eigenvalue weighted by Gasteiger charge is -2.35. The topological polar surface area (TPSA) is 36.4 Å². The summed E-state index contributed by atoms with van der Waals surface area (Å²) in [5.41, 5.74) is 1.31. The molecule has 2 aliphatic rings. The molecule has 1 aliphatic carbocycles. The minimum Gasteiger partial charge on any atom is -0.340 e. The summed E-state index contributed by atoms with van der Waals surface area (Å²) in [5.74, 6) is 1.32. The van der Waals surface area contributed by atoms with Crippen LogP contribution in [0.3, 0.4) is 0 Å². The van der Waals surface area contributed by atoms with Gasteiger partial charge in [-0.25, -0.2) is 4.98 Å². The first-order valence-electron chi connectivity index (χ1n) is 8.66. The van der Waals surface area contributed by atoms with Crippen LogP contribution in [0.4, 0.5) is 0 Å². The molecule has 1 saturated heterocycles. The number of carbonyl (C=O) groups excluding carboxylic acids is 1. The third kappa shape index (κ3) is 3.69. The molecular weight excluding hydrogens is 294 g/mol. The largest absolute Gasteiger partial charge is 0.340 e. The molecule has 122 valence electrons. The van der Waals surface area contributed by atoms with Crippen LogP contribution in [0.25, 0.3) is 0 Å². The summed E-state index contributed by atoms with van der Waals surface area (Å²) in [6.07, 6.45) is 4.55. The van der Waals surface area contributed by atoms with Gasteiger partial charge < -0.3 is 4.90 Å². The lowest BCUT2D eigenvalue weighted by molar-refractivity contribution is -0.137. The van der Waals surface area contributed by atoms with Gasteiger partial charge in [-0.2, -0.15) is 0 Å². The van der Waals surface area contributed by atoms with Crippen LogP contribution >= 0.6 is 11.3 Å². The molecular formula is C17H27N3OS. The average molecular weight is 321 g/mol. The van der Waals surface area contributed by atoms with Crippen molar-refractivity contribution in [1.82, 2.24) is 14.8 Å². The quantitative estimate of drug-likeness (QED) is 0.808. The van der Waals surface area contributed by atoms with Gasteiger partial charge in [0.2, 0.25) is 5.91 Å². The predicted octanol–water partition coefficient (Wildman–Crippen LogP) is 3.10. The predicted molar refractivity (Wildman–Crippen MR) is 90.0 cm³/mol. The molecule has 0 unspecified atom stereocenters. The molecule has 2 heterocycles. The molecule has 1 aromatic rings. The summed E-state index contributed by atoms with van der Waals surface area (Å²) in [4.78, 5) is 21.7. The fourth-order valence-corrected chi connectivity index (χ4v) is 4.10. The molecule has 0 N–H and O–H groups in total. The van der Waals surface area contributed by atoms with Crippen LogP contribution in [0.1, 0.15) is 56.2 Å². The Bertz CT molecular complexity index is 500. The van der Waals surface area contributed by atoms with Gasteiger partial charge in [0.15, 0.2) is 0 Å². The first-order valence-corrected chi connectivity index (χ1v) is 9.54. The van der Waals surface area contributed by atoms with Crippen LogP contribution < -0.4 is 0 Å². The lowest BCUT2D eigenvalue weighted by atomic mass is 10.0. The Morgan fingerprint density at radius 3 is 2.55 bits per heavy atom. The van der Waals surface area contributed by atoms with Gasteiger partial charge in [0.25, 0.3) is 0 Å². The molecule has 3 rings (SSSR count). The zero-order valence-corrected chi connectivity index (χ0v) is 14.6. The highest BCUT2D eigenvalue weighted by Crippen LogP contribution is 2.40. The summed E-state index contributed by atoms with van der Waals surface area (Å²) < 4.78 is 0. The SMILES string of the molecule is CCC(CC)C(=O)N1CCN(Cc2nc(C3CC3)cs2)CC1. The molecule has 0 atom stereocenters. The lowest BCUT2D eigenvalue weighted by Crippen LogP contribution is -2.49. The van der Waals surface area contributed by atoms with Gasteiger partial charge in [0.05, 0.1) is 12.2 Å². The summed E-state index contributed by atoms with van der Waals surface area (Å²) in [6, 6.07) is 0. The van der Waals surface area contributed by atoms with Gasteiger partial charge in [-0.05, 0) is 25.7 Å². The fourth-order valence-electron chi connectivity index (χ4n) is 3.18. The average Bonchev–Trinajstić information content (AvgIpc) is 3.29. The van der Waals surface area contributed by atoms with E-state index in [2.05, 4.69) is 29.0 Å². The normalized spacial score (nSPS) is 19.9. The number of hydrogen-bond acceptors (Lipinski definition) is 4. The van der Waals surface area contributed by atoms with Crippen molar-refractivity contribution in [3.63, 3.8) is 0 Å². The van der Waals surface area contributed by atoms with Gasteiger partial charge >= 0.3 is 0 Å². The number of amides is 1. The molecule has 5 heteroatoms. The molecule has 4 nitrogen and oxygen atoms in total. The summed E-state index contributed by atoms with van der Waals surface area (Å²) in [6.45, 7) is 8.87. The first kappa shape index (κ1) is 15.9. The third-order valence-corrected chi connectivity index (χ3v) is 5.79. The molecule has 22 heavy (non-hydrogen) atoms. The van der Waals surface area contributed by atoms with E-state index in [9.17, 15) is 4.79 Å². The Kier molecular flexibility index (Phi) is 5.14. The molecule has 1 aliphatic heterocycles. The number of thiazole rings is 1. The molecule has 0 spiro atoms. The highest BCUT2D eigenvalue weighted by molar-refractivity contribution is 7.09. The van der Waals surface area contributed by atoms with Crippen molar-refractivity contribution in [2.75, 3.05) is 26.2 Å². The van der Waals surface area contributed by atoms with Crippen LogP contribution in [0.2, 0.25) is 0 Å². The molecule has 0 aromatic carbocycles. The monoisotopic (exact) mass is 321 g/mol. The van der Waals surface area contributed by atoms with E-state index in [0.717, 1.165) is 51.5 Å². The van der Waals surface area contributed by atoms with Gasteiger partial charge in [-0.15, -0.1) is 11.3 Å². The second kappa shape index (κ2) is 7.09. The summed E-state index contributed by atoms with van der Waals surface area (Å²) in [7, 11) is 0.